The summed E-state index contributed by atoms with van der Waals surface area (Å²) >= 11 is 0. The quantitative estimate of drug-likeness (QED) is 0.350. The summed E-state index contributed by atoms with van der Waals surface area (Å²) in [6.07, 6.45) is 0. The molecule has 0 radical (unpaired) electrons. The van der Waals surface area contributed by atoms with Crippen molar-refractivity contribution in [2.45, 2.75) is 6.92 Å². The predicted octanol–water partition coefficient (Wildman–Crippen LogP) is 0.903. The van der Waals surface area contributed by atoms with Crippen molar-refractivity contribution in [2.24, 2.45) is 5.16 Å². The highest BCUT2D eigenvalue weighted by atomic mass is 16.5. The zero-order valence-corrected chi connectivity index (χ0v) is 9.88. The Labute approximate surface area is 104 Å². The van der Waals surface area contributed by atoms with Crippen molar-refractivity contribution in [3.8, 4) is 11.8 Å². The predicted molar refractivity (Wildman–Crippen MR) is 64.6 cm³/mol. The Hall–Kier alpha value is -2.55. The van der Waals surface area contributed by atoms with E-state index in [0.29, 0.717) is 11.5 Å². The van der Waals surface area contributed by atoms with E-state index in [-0.39, 0.29) is 19.1 Å². The third-order valence-corrected chi connectivity index (χ3v) is 2.16. The smallest absolute Gasteiger partial charge is 0.258 e. The number of nitrogens with zero attached hydrogens (tertiary/aromatic N) is 2. The Bertz CT molecular complexity index is 474. The molecule has 1 aromatic rings. The van der Waals surface area contributed by atoms with Crippen LogP contribution in [0.4, 0.5) is 0 Å². The number of oxime groups is 1. The number of hydrogen-bond acceptors (Lipinski definition) is 5. The highest BCUT2D eigenvalue weighted by Crippen LogP contribution is 2.12. The number of rotatable bonds is 5. The van der Waals surface area contributed by atoms with Gasteiger partial charge in [0.05, 0.1) is 11.8 Å². The molecule has 1 rings (SSSR count). The maximum absolute atomic E-state index is 11.2. The first-order chi connectivity index (χ1) is 8.67. The molecule has 0 aliphatic carbocycles. The summed E-state index contributed by atoms with van der Waals surface area (Å²) in [6, 6.07) is 8.57. The van der Waals surface area contributed by atoms with Gasteiger partial charge in [-0.15, -0.1) is 0 Å². The molecule has 6 nitrogen and oxygen atoms in total. The van der Waals surface area contributed by atoms with Crippen LogP contribution >= 0.6 is 0 Å². The SMILES string of the molecule is C/C(=N\O)c1ccc(OCC(=O)NCC#N)cc1. The standard InChI is InChI=1S/C12H13N3O3/c1-9(15-17)10-2-4-11(5-3-10)18-8-12(16)14-7-6-13/h2-5,17H,7-8H2,1H3,(H,14,16)/b15-9+. The minimum absolute atomic E-state index is 0.0344. The van der Waals surface area contributed by atoms with Crippen LogP contribution in [0.2, 0.25) is 0 Å². The molecule has 0 saturated heterocycles. The summed E-state index contributed by atoms with van der Waals surface area (Å²) in [5, 5.41) is 22.3. The number of hydrogen-bond donors (Lipinski definition) is 2. The number of nitriles is 1. The minimum Gasteiger partial charge on any atom is -0.484 e. The first-order valence-electron chi connectivity index (χ1n) is 5.23. The number of nitrogens with one attached hydrogen (secondary N) is 1. The zero-order chi connectivity index (χ0) is 13.4. The van der Waals surface area contributed by atoms with Crippen molar-refractivity contribution in [1.29, 1.82) is 5.26 Å². The second-order valence-corrected chi connectivity index (χ2v) is 3.43. The molecule has 0 saturated carbocycles. The number of amides is 1. The number of benzene rings is 1. The van der Waals surface area contributed by atoms with E-state index < -0.39 is 0 Å². The molecule has 1 aromatic carbocycles. The Balaban J connectivity index is 2.50. The fourth-order valence-electron chi connectivity index (χ4n) is 1.19. The van der Waals surface area contributed by atoms with E-state index in [4.69, 9.17) is 15.2 Å². The summed E-state index contributed by atoms with van der Waals surface area (Å²) in [6.45, 7) is 1.49. The molecule has 0 spiro atoms. The summed E-state index contributed by atoms with van der Waals surface area (Å²) in [4.78, 5) is 11.2. The molecule has 0 aliphatic rings. The maximum Gasteiger partial charge on any atom is 0.258 e. The first kappa shape index (κ1) is 13.5. The van der Waals surface area contributed by atoms with Crippen LogP contribution in [0, 0.1) is 11.3 Å². The molecule has 2 N–H and O–H groups in total. The molecule has 0 fully saturated rings. The Morgan fingerprint density at radius 3 is 2.72 bits per heavy atom. The lowest BCUT2D eigenvalue weighted by molar-refractivity contribution is -0.122. The van der Waals surface area contributed by atoms with Crippen molar-refractivity contribution in [1.82, 2.24) is 5.32 Å². The monoisotopic (exact) mass is 247 g/mol. The summed E-state index contributed by atoms with van der Waals surface area (Å²) in [5.41, 5.74) is 1.26. The van der Waals surface area contributed by atoms with E-state index in [0.717, 1.165) is 5.56 Å². The fourth-order valence-corrected chi connectivity index (χ4v) is 1.19. The lowest BCUT2D eigenvalue weighted by atomic mass is 10.1. The molecule has 0 heterocycles. The van der Waals surface area contributed by atoms with Crippen LogP contribution in [0.3, 0.4) is 0 Å². The lowest BCUT2D eigenvalue weighted by Crippen LogP contribution is -2.29. The molecular weight excluding hydrogens is 234 g/mol. The minimum atomic E-state index is -0.353. The van der Waals surface area contributed by atoms with Gasteiger partial charge in [0.1, 0.15) is 12.3 Å². The third kappa shape index (κ3) is 4.14. The van der Waals surface area contributed by atoms with Crippen molar-refractivity contribution in [3.63, 3.8) is 0 Å². The Morgan fingerprint density at radius 2 is 2.17 bits per heavy atom. The van der Waals surface area contributed by atoms with Gasteiger partial charge in [0.25, 0.3) is 5.91 Å². The van der Waals surface area contributed by atoms with E-state index in [1.165, 1.54) is 0 Å². The second kappa shape index (κ2) is 6.91. The first-order valence-corrected chi connectivity index (χ1v) is 5.23. The van der Waals surface area contributed by atoms with Crippen LogP contribution in [-0.4, -0.2) is 30.0 Å². The fraction of sp³-hybridized carbons (Fsp3) is 0.250. The molecule has 0 unspecified atom stereocenters. The summed E-state index contributed by atoms with van der Waals surface area (Å²) in [5.74, 6) is 0.172. The number of ether oxygens (including phenoxy) is 1. The molecule has 0 aromatic heterocycles. The van der Waals surface area contributed by atoms with Gasteiger partial charge < -0.3 is 15.3 Å². The molecule has 1 amide bonds. The van der Waals surface area contributed by atoms with Crippen molar-refractivity contribution in [2.75, 3.05) is 13.2 Å². The molecule has 0 bridgehead atoms. The van der Waals surface area contributed by atoms with Gasteiger partial charge in [0.2, 0.25) is 0 Å². The molecule has 6 heteroatoms. The number of carbonyl (C=O) groups is 1. The average molecular weight is 247 g/mol. The second-order valence-electron chi connectivity index (χ2n) is 3.43. The van der Waals surface area contributed by atoms with Crippen LogP contribution in [0.5, 0.6) is 5.75 Å². The summed E-state index contributed by atoms with van der Waals surface area (Å²) < 4.78 is 5.21. The van der Waals surface area contributed by atoms with Gasteiger partial charge in [-0.05, 0) is 36.8 Å². The van der Waals surface area contributed by atoms with Crippen molar-refractivity contribution in [3.05, 3.63) is 29.8 Å². The van der Waals surface area contributed by atoms with Crippen LogP contribution in [0.25, 0.3) is 0 Å². The van der Waals surface area contributed by atoms with Gasteiger partial charge >= 0.3 is 0 Å². The van der Waals surface area contributed by atoms with Gasteiger partial charge in [0, 0.05) is 0 Å². The van der Waals surface area contributed by atoms with E-state index in [1.807, 2.05) is 0 Å². The van der Waals surface area contributed by atoms with Crippen LogP contribution in [-0.2, 0) is 4.79 Å². The van der Waals surface area contributed by atoms with Gasteiger partial charge in [0.15, 0.2) is 6.61 Å². The van der Waals surface area contributed by atoms with E-state index in [2.05, 4.69) is 10.5 Å². The lowest BCUT2D eigenvalue weighted by Gasteiger charge is -2.06. The van der Waals surface area contributed by atoms with Crippen molar-refractivity contribution < 1.29 is 14.7 Å². The Morgan fingerprint density at radius 1 is 1.50 bits per heavy atom. The average Bonchev–Trinajstić information content (AvgIpc) is 2.42. The molecule has 18 heavy (non-hydrogen) atoms. The highest BCUT2D eigenvalue weighted by molar-refractivity contribution is 5.98. The van der Waals surface area contributed by atoms with Gasteiger partial charge in [-0.2, -0.15) is 5.26 Å². The topological polar surface area (TPSA) is 94.7 Å². The van der Waals surface area contributed by atoms with E-state index in [1.54, 1.807) is 37.3 Å². The van der Waals surface area contributed by atoms with Crippen LogP contribution in [0.1, 0.15) is 12.5 Å². The van der Waals surface area contributed by atoms with Crippen molar-refractivity contribution >= 4 is 11.6 Å². The highest BCUT2D eigenvalue weighted by Gasteiger charge is 2.02. The molecule has 0 atom stereocenters. The van der Waals surface area contributed by atoms with Gasteiger partial charge in [-0.3, -0.25) is 4.79 Å². The van der Waals surface area contributed by atoms with Crippen LogP contribution in [0.15, 0.2) is 29.4 Å². The molecule has 0 aliphatic heterocycles. The maximum atomic E-state index is 11.2. The zero-order valence-electron chi connectivity index (χ0n) is 9.88. The van der Waals surface area contributed by atoms with E-state index in [9.17, 15) is 4.79 Å². The number of carbonyl (C=O) groups excluding carboxylic acids is 1. The molecular formula is C12H13N3O3. The third-order valence-electron chi connectivity index (χ3n) is 2.16. The van der Waals surface area contributed by atoms with E-state index >= 15 is 0 Å². The van der Waals surface area contributed by atoms with Gasteiger partial charge in [-0.25, -0.2) is 0 Å². The van der Waals surface area contributed by atoms with Gasteiger partial charge in [-0.1, -0.05) is 5.16 Å². The Kier molecular flexibility index (Phi) is 5.19. The summed E-state index contributed by atoms with van der Waals surface area (Å²) in [7, 11) is 0. The van der Waals surface area contributed by atoms with Crippen LogP contribution < -0.4 is 10.1 Å². The molecule has 94 valence electrons. The largest absolute Gasteiger partial charge is 0.484 e. The normalized spacial score (nSPS) is 10.6.